The van der Waals surface area contributed by atoms with Crippen LogP contribution in [0.3, 0.4) is 0 Å². The molecule has 0 saturated heterocycles. The predicted molar refractivity (Wildman–Crippen MR) is 97.5 cm³/mol. The van der Waals surface area contributed by atoms with Gasteiger partial charge in [0.15, 0.2) is 0 Å². The number of aromatic amines is 1. The number of rotatable bonds is 5. The zero-order valence-corrected chi connectivity index (χ0v) is 15.2. The molecule has 1 aliphatic heterocycles. The van der Waals surface area contributed by atoms with Crippen molar-refractivity contribution in [3.05, 3.63) is 34.0 Å². The van der Waals surface area contributed by atoms with Gasteiger partial charge in [-0.1, -0.05) is 13.3 Å². The maximum absolute atomic E-state index is 9.74. The lowest BCUT2D eigenvalue weighted by Gasteiger charge is -2.26. The number of nitrogens with one attached hydrogen (secondary N) is 1. The number of nitriles is 1. The van der Waals surface area contributed by atoms with Gasteiger partial charge in [0.25, 0.3) is 0 Å². The van der Waals surface area contributed by atoms with Gasteiger partial charge in [-0.25, -0.2) is 0 Å². The summed E-state index contributed by atoms with van der Waals surface area (Å²) in [7, 11) is 0. The number of benzene rings is 1. The lowest BCUT2D eigenvalue weighted by atomic mass is 9.94. The Kier molecular flexibility index (Phi) is 4.54. The van der Waals surface area contributed by atoms with E-state index in [4.69, 9.17) is 9.47 Å². The molecule has 0 amide bonds. The van der Waals surface area contributed by atoms with Gasteiger partial charge in [0, 0.05) is 11.1 Å². The molecule has 0 spiro atoms. The second-order valence-corrected chi connectivity index (χ2v) is 7.35. The van der Waals surface area contributed by atoms with Gasteiger partial charge in [-0.2, -0.15) is 5.26 Å². The molecule has 1 unspecified atom stereocenters. The van der Waals surface area contributed by atoms with E-state index < -0.39 is 0 Å². The molecule has 1 fully saturated rings. The minimum Gasteiger partial charge on any atom is -0.374 e. The molecule has 4 heteroatoms. The molecule has 0 radical (unpaired) electrons. The van der Waals surface area contributed by atoms with Crippen molar-refractivity contribution in [3.8, 4) is 6.07 Å². The average Bonchev–Trinajstić information content (AvgIpc) is 2.97. The topological polar surface area (TPSA) is 58.0 Å². The fraction of sp³-hybridized carbons (Fsp3) is 0.571. The van der Waals surface area contributed by atoms with Crippen molar-refractivity contribution in [2.45, 2.75) is 71.2 Å². The Hall–Kier alpha value is -1.83. The molecule has 1 aliphatic carbocycles. The van der Waals surface area contributed by atoms with Crippen LogP contribution in [0.4, 0.5) is 0 Å². The molecule has 132 valence electrons. The SMILES string of the molecule is CCCC1OCCc2c1[nH]c1c(C)c(COC3CCC3)cc(C#N)c21. The first-order chi connectivity index (χ1) is 12.2. The molecule has 1 N–H and O–H groups in total. The Morgan fingerprint density at radius 1 is 1.40 bits per heavy atom. The summed E-state index contributed by atoms with van der Waals surface area (Å²) in [6.07, 6.45) is 7.11. The number of nitrogens with zero attached hydrogens (tertiary/aromatic N) is 1. The summed E-state index contributed by atoms with van der Waals surface area (Å²) in [4.78, 5) is 3.62. The summed E-state index contributed by atoms with van der Waals surface area (Å²) in [5.41, 5.74) is 6.66. The van der Waals surface area contributed by atoms with Crippen LogP contribution < -0.4 is 0 Å². The Bertz CT molecular complexity index is 827. The molecule has 2 aromatic rings. The van der Waals surface area contributed by atoms with E-state index >= 15 is 0 Å². The molecule has 0 bridgehead atoms. The van der Waals surface area contributed by atoms with E-state index in [2.05, 4.69) is 24.9 Å². The van der Waals surface area contributed by atoms with Crippen molar-refractivity contribution in [3.63, 3.8) is 0 Å². The first kappa shape index (κ1) is 16.6. The smallest absolute Gasteiger partial charge is 0.0998 e. The van der Waals surface area contributed by atoms with Crippen LogP contribution in [-0.2, 0) is 22.5 Å². The molecule has 1 atom stereocenters. The van der Waals surface area contributed by atoms with Crippen LogP contribution in [0.1, 0.15) is 73.1 Å². The lowest BCUT2D eigenvalue weighted by Crippen LogP contribution is -2.21. The van der Waals surface area contributed by atoms with Gasteiger partial charge < -0.3 is 14.5 Å². The largest absolute Gasteiger partial charge is 0.374 e. The van der Waals surface area contributed by atoms with E-state index in [0.29, 0.717) is 12.7 Å². The van der Waals surface area contributed by atoms with E-state index in [1.807, 2.05) is 6.07 Å². The number of aryl methyl sites for hydroxylation is 1. The van der Waals surface area contributed by atoms with Crippen molar-refractivity contribution in [2.75, 3.05) is 6.61 Å². The normalized spacial score (nSPS) is 20.3. The highest BCUT2D eigenvalue weighted by Gasteiger charge is 2.27. The first-order valence-electron chi connectivity index (χ1n) is 9.53. The summed E-state index contributed by atoms with van der Waals surface area (Å²) < 4.78 is 12.0. The maximum atomic E-state index is 9.74. The van der Waals surface area contributed by atoms with Gasteiger partial charge >= 0.3 is 0 Å². The Labute approximate surface area is 149 Å². The average molecular weight is 338 g/mol. The third-order valence-corrected chi connectivity index (χ3v) is 5.77. The molecule has 4 nitrogen and oxygen atoms in total. The molecule has 1 saturated carbocycles. The lowest BCUT2D eigenvalue weighted by molar-refractivity contribution is -0.00881. The van der Waals surface area contributed by atoms with Crippen LogP contribution in [0.5, 0.6) is 0 Å². The summed E-state index contributed by atoms with van der Waals surface area (Å²) in [6, 6.07) is 4.46. The molecule has 2 aliphatic rings. The molecule has 2 heterocycles. The highest BCUT2D eigenvalue weighted by molar-refractivity contribution is 5.93. The quantitative estimate of drug-likeness (QED) is 0.849. The number of H-pyrrole nitrogens is 1. The predicted octanol–water partition coefficient (Wildman–Crippen LogP) is 4.83. The summed E-state index contributed by atoms with van der Waals surface area (Å²) in [5, 5.41) is 10.8. The zero-order chi connectivity index (χ0) is 17.4. The van der Waals surface area contributed by atoms with Crippen molar-refractivity contribution in [2.24, 2.45) is 0 Å². The summed E-state index contributed by atoms with van der Waals surface area (Å²) in [5.74, 6) is 0. The number of hydrogen-bond donors (Lipinski definition) is 1. The summed E-state index contributed by atoms with van der Waals surface area (Å²) in [6.45, 7) is 5.66. The maximum Gasteiger partial charge on any atom is 0.0998 e. The van der Waals surface area contributed by atoms with Gasteiger partial charge in [-0.3, -0.25) is 0 Å². The van der Waals surface area contributed by atoms with Crippen molar-refractivity contribution < 1.29 is 9.47 Å². The van der Waals surface area contributed by atoms with E-state index in [1.54, 1.807) is 0 Å². The van der Waals surface area contributed by atoms with Crippen LogP contribution in [0.25, 0.3) is 10.9 Å². The third-order valence-electron chi connectivity index (χ3n) is 5.77. The Morgan fingerprint density at radius 2 is 2.24 bits per heavy atom. The van der Waals surface area contributed by atoms with Crippen LogP contribution in [0.15, 0.2) is 6.07 Å². The fourth-order valence-electron chi connectivity index (χ4n) is 4.05. The molecule has 1 aromatic heterocycles. The fourth-order valence-corrected chi connectivity index (χ4v) is 4.05. The van der Waals surface area contributed by atoms with Gasteiger partial charge in [0.05, 0.1) is 42.6 Å². The van der Waals surface area contributed by atoms with Crippen LogP contribution in [0, 0.1) is 18.3 Å². The monoisotopic (exact) mass is 338 g/mol. The van der Waals surface area contributed by atoms with E-state index in [0.717, 1.165) is 47.9 Å². The Balaban J connectivity index is 1.78. The number of fused-ring (bicyclic) bond motifs is 3. The van der Waals surface area contributed by atoms with Crippen molar-refractivity contribution >= 4 is 10.9 Å². The van der Waals surface area contributed by atoms with Crippen LogP contribution in [-0.4, -0.2) is 17.7 Å². The summed E-state index contributed by atoms with van der Waals surface area (Å²) >= 11 is 0. The van der Waals surface area contributed by atoms with Gasteiger partial charge in [-0.05, 0) is 61.8 Å². The minimum absolute atomic E-state index is 0.127. The first-order valence-corrected chi connectivity index (χ1v) is 9.53. The third kappa shape index (κ3) is 2.86. The number of ether oxygens (including phenoxy) is 2. The van der Waals surface area contributed by atoms with Gasteiger partial charge in [0.2, 0.25) is 0 Å². The van der Waals surface area contributed by atoms with Crippen molar-refractivity contribution in [1.29, 1.82) is 5.26 Å². The Morgan fingerprint density at radius 3 is 2.92 bits per heavy atom. The van der Waals surface area contributed by atoms with E-state index in [9.17, 15) is 5.26 Å². The highest BCUT2D eigenvalue weighted by atomic mass is 16.5. The second kappa shape index (κ2) is 6.82. The van der Waals surface area contributed by atoms with E-state index in [1.165, 1.54) is 36.1 Å². The second-order valence-electron chi connectivity index (χ2n) is 7.35. The molecule has 1 aromatic carbocycles. The minimum atomic E-state index is 0.127. The number of aromatic nitrogens is 1. The standard InChI is InChI=1S/C21H26N2O2/c1-3-5-18-21-17(8-9-24-18)19-14(11-22)10-15(13(2)20(19)23-21)12-25-16-6-4-7-16/h10,16,18,23H,3-9,12H2,1-2H3. The van der Waals surface area contributed by atoms with Gasteiger partial charge in [0.1, 0.15) is 0 Å². The zero-order valence-electron chi connectivity index (χ0n) is 15.2. The highest BCUT2D eigenvalue weighted by Crippen LogP contribution is 2.38. The van der Waals surface area contributed by atoms with Gasteiger partial charge in [-0.15, -0.1) is 0 Å². The molecule has 25 heavy (non-hydrogen) atoms. The van der Waals surface area contributed by atoms with E-state index in [-0.39, 0.29) is 6.10 Å². The molecular formula is C21H26N2O2. The number of hydrogen-bond acceptors (Lipinski definition) is 3. The van der Waals surface area contributed by atoms with Crippen LogP contribution >= 0.6 is 0 Å². The van der Waals surface area contributed by atoms with Crippen LogP contribution in [0.2, 0.25) is 0 Å². The molecular weight excluding hydrogens is 312 g/mol. The molecule has 4 rings (SSSR count). The van der Waals surface area contributed by atoms with Crippen molar-refractivity contribution in [1.82, 2.24) is 4.98 Å².